The maximum atomic E-state index is 11.1. The SMILES string of the molecule is CC(=O)[C@H](C)CON1C(=O)CCC1=O. The highest BCUT2D eigenvalue weighted by Crippen LogP contribution is 2.13. The van der Waals surface area contributed by atoms with Crippen LogP contribution in [0.15, 0.2) is 0 Å². The van der Waals surface area contributed by atoms with Crippen LogP contribution in [-0.4, -0.2) is 29.3 Å². The number of carbonyl (C=O) groups excluding carboxylic acids is 3. The van der Waals surface area contributed by atoms with Crippen LogP contribution in [0.2, 0.25) is 0 Å². The Labute approximate surface area is 82.0 Å². The quantitative estimate of drug-likeness (QED) is 0.610. The Balaban J connectivity index is 2.41. The molecule has 1 aliphatic rings. The molecule has 0 N–H and O–H groups in total. The van der Waals surface area contributed by atoms with Crippen LogP contribution in [0.4, 0.5) is 0 Å². The molecule has 1 aliphatic heterocycles. The molecule has 0 unspecified atom stereocenters. The van der Waals surface area contributed by atoms with Gasteiger partial charge in [0.25, 0.3) is 11.8 Å². The van der Waals surface area contributed by atoms with Crippen LogP contribution in [0.25, 0.3) is 0 Å². The predicted octanol–water partition coefficient (Wildman–Crippen LogP) is 0.292. The van der Waals surface area contributed by atoms with E-state index in [0.717, 1.165) is 5.06 Å². The van der Waals surface area contributed by atoms with Crippen LogP contribution in [0.5, 0.6) is 0 Å². The number of Topliss-reactive ketones (excluding diaryl/α,β-unsaturated/α-hetero) is 1. The molecule has 0 aromatic rings. The van der Waals surface area contributed by atoms with Crippen LogP contribution in [0.1, 0.15) is 26.7 Å². The third kappa shape index (κ3) is 2.38. The van der Waals surface area contributed by atoms with E-state index < -0.39 is 0 Å². The standard InChI is InChI=1S/C9H13NO4/c1-6(7(2)11)5-14-10-8(12)3-4-9(10)13/h6H,3-5H2,1-2H3/t6-/m1/s1. The Morgan fingerprint density at radius 2 is 1.93 bits per heavy atom. The molecule has 0 spiro atoms. The zero-order valence-electron chi connectivity index (χ0n) is 8.28. The maximum absolute atomic E-state index is 11.1. The molecule has 2 amide bonds. The minimum absolute atomic E-state index is 0.0240. The van der Waals surface area contributed by atoms with Gasteiger partial charge < -0.3 is 0 Å². The summed E-state index contributed by atoms with van der Waals surface area (Å²) >= 11 is 0. The summed E-state index contributed by atoms with van der Waals surface area (Å²) in [5.74, 6) is -0.975. The average molecular weight is 199 g/mol. The summed E-state index contributed by atoms with van der Waals surface area (Å²) in [6, 6.07) is 0. The number of rotatable bonds is 4. The van der Waals surface area contributed by atoms with E-state index in [2.05, 4.69) is 0 Å². The van der Waals surface area contributed by atoms with Gasteiger partial charge in [0.2, 0.25) is 0 Å². The number of hydrogen-bond acceptors (Lipinski definition) is 4. The van der Waals surface area contributed by atoms with Crippen molar-refractivity contribution in [3.63, 3.8) is 0 Å². The smallest absolute Gasteiger partial charge is 0.253 e. The fraction of sp³-hybridized carbons (Fsp3) is 0.667. The third-order valence-electron chi connectivity index (χ3n) is 2.15. The van der Waals surface area contributed by atoms with Crippen molar-refractivity contribution in [3.05, 3.63) is 0 Å². The number of hydrogen-bond donors (Lipinski definition) is 0. The molecule has 1 rings (SSSR count). The number of carbonyl (C=O) groups is 3. The molecule has 78 valence electrons. The molecular weight excluding hydrogens is 186 g/mol. The van der Waals surface area contributed by atoms with Crippen LogP contribution in [0, 0.1) is 5.92 Å². The highest BCUT2D eigenvalue weighted by Gasteiger charge is 2.30. The summed E-state index contributed by atoms with van der Waals surface area (Å²) in [5.41, 5.74) is 0. The first-order valence-corrected chi connectivity index (χ1v) is 4.51. The monoisotopic (exact) mass is 199 g/mol. The molecule has 0 bridgehead atoms. The molecule has 1 saturated heterocycles. The molecule has 5 nitrogen and oxygen atoms in total. The Bertz CT molecular complexity index is 258. The largest absolute Gasteiger partial charge is 0.300 e. The van der Waals surface area contributed by atoms with Crippen molar-refractivity contribution >= 4 is 17.6 Å². The van der Waals surface area contributed by atoms with Crippen LogP contribution in [-0.2, 0) is 19.2 Å². The van der Waals surface area contributed by atoms with Gasteiger partial charge in [0, 0.05) is 18.8 Å². The van der Waals surface area contributed by atoms with Crippen molar-refractivity contribution in [3.8, 4) is 0 Å². The fourth-order valence-corrected chi connectivity index (χ4v) is 1.00. The van der Waals surface area contributed by atoms with Crippen molar-refractivity contribution in [2.45, 2.75) is 26.7 Å². The molecule has 0 aromatic heterocycles. The lowest BCUT2D eigenvalue weighted by molar-refractivity contribution is -0.191. The first-order valence-electron chi connectivity index (χ1n) is 4.51. The van der Waals surface area contributed by atoms with E-state index in [1.54, 1.807) is 6.92 Å². The van der Waals surface area contributed by atoms with Gasteiger partial charge in [-0.3, -0.25) is 19.2 Å². The van der Waals surface area contributed by atoms with Crippen LogP contribution in [0.3, 0.4) is 0 Å². The van der Waals surface area contributed by atoms with Gasteiger partial charge in [-0.1, -0.05) is 6.92 Å². The first-order chi connectivity index (χ1) is 6.52. The number of hydroxylamine groups is 2. The van der Waals surface area contributed by atoms with E-state index in [1.165, 1.54) is 6.92 Å². The van der Waals surface area contributed by atoms with E-state index in [-0.39, 0.29) is 43.0 Å². The summed E-state index contributed by atoms with van der Waals surface area (Å²) in [6.07, 6.45) is 0.403. The molecule has 1 heterocycles. The second-order valence-electron chi connectivity index (χ2n) is 3.39. The lowest BCUT2D eigenvalue weighted by Gasteiger charge is -2.15. The molecule has 14 heavy (non-hydrogen) atoms. The fourth-order valence-electron chi connectivity index (χ4n) is 1.00. The Morgan fingerprint density at radius 3 is 2.36 bits per heavy atom. The summed E-state index contributed by atoms with van der Waals surface area (Å²) in [6.45, 7) is 3.21. The van der Waals surface area contributed by atoms with Crippen molar-refractivity contribution < 1.29 is 19.2 Å². The van der Waals surface area contributed by atoms with E-state index in [0.29, 0.717) is 0 Å². The van der Waals surface area contributed by atoms with Crippen LogP contribution < -0.4 is 0 Å². The highest BCUT2D eigenvalue weighted by atomic mass is 16.7. The van der Waals surface area contributed by atoms with Crippen LogP contribution >= 0.6 is 0 Å². The molecule has 5 heteroatoms. The van der Waals surface area contributed by atoms with Crippen molar-refractivity contribution in [2.24, 2.45) is 5.92 Å². The first kappa shape index (κ1) is 10.8. The topological polar surface area (TPSA) is 63.7 Å². The summed E-state index contributed by atoms with van der Waals surface area (Å²) in [7, 11) is 0. The van der Waals surface area contributed by atoms with Gasteiger partial charge in [0.15, 0.2) is 0 Å². The predicted molar refractivity (Wildman–Crippen MR) is 46.9 cm³/mol. The van der Waals surface area contributed by atoms with E-state index in [9.17, 15) is 14.4 Å². The van der Waals surface area contributed by atoms with Crippen molar-refractivity contribution in [2.75, 3.05) is 6.61 Å². The number of nitrogens with zero attached hydrogens (tertiary/aromatic N) is 1. The van der Waals surface area contributed by atoms with E-state index >= 15 is 0 Å². The zero-order valence-corrected chi connectivity index (χ0v) is 8.28. The van der Waals surface area contributed by atoms with Crippen molar-refractivity contribution in [1.82, 2.24) is 5.06 Å². The second kappa shape index (κ2) is 4.32. The third-order valence-corrected chi connectivity index (χ3v) is 2.15. The highest BCUT2D eigenvalue weighted by molar-refractivity contribution is 6.00. The normalized spacial score (nSPS) is 18.9. The van der Waals surface area contributed by atoms with Gasteiger partial charge in [-0.25, -0.2) is 0 Å². The maximum Gasteiger partial charge on any atom is 0.253 e. The molecule has 1 fully saturated rings. The van der Waals surface area contributed by atoms with Gasteiger partial charge in [-0.2, -0.15) is 5.06 Å². The Hall–Kier alpha value is -1.23. The minimum Gasteiger partial charge on any atom is -0.300 e. The summed E-state index contributed by atoms with van der Waals surface area (Å²) in [5, 5.41) is 0.763. The summed E-state index contributed by atoms with van der Waals surface area (Å²) in [4.78, 5) is 37.9. The van der Waals surface area contributed by atoms with Crippen molar-refractivity contribution in [1.29, 1.82) is 0 Å². The summed E-state index contributed by atoms with van der Waals surface area (Å²) < 4.78 is 0. The van der Waals surface area contributed by atoms with Gasteiger partial charge >= 0.3 is 0 Å². The molecule has 1 atom stereocenters. The molecule has 0 aliphatic carbocycles. The molecular formula is C9H13NO4. The Kier molecular flexibility index (Phi) is 3.35. The number of imide groups is 1. The van der Waals surface area contributed by atoms with Gasteiger partial charge in [0.05, 0.1) is 6.61 Å². The van der Waals surface area contributed by atoms with Gasteiger partial charge in [-0.15, -0.1) is 0 Å². The van der Waals surface area contributed by atoms with E-state index in [1.807, 2.05) is 0 Å². The average Bonchev–Trinajstić information content (AvgIpc) is 2.43. The van der Waals surface area contributed by atoms with Gasteiger partial charge in [0.1, 0.15) is 5.78 Å². The zero-order chi connectivity index (χ0) is 10.7. The van der Waals surface area contributed by atoms with Gasteiger partial charge in [-0.05, 0) is 6.92 Å². The number of ketones is 1. The molecule has 0 saturated carbocycles. The van der Waals surface area contributed by atoms with E-state index in [4.69, 9.17) is 4.84 Å². The molecule has 0 radical (unpaired) electrons. The lowest BCUT2D eigenvalue weighted by Crippen LogP contribution is -2.32. The molecule has 0 aromatic carbocycles. The second-order valence-corrected chi connectivity index (χ2v) is 3.39. The minimum atomic E-state index is -0.328. The Morgan fingerprint density at radius 1 is 1.43 bits per heavy atom. The number of amides is 2. The lowest BCUT2D eigenvalue weighted by atomic mass is 10.1.